The highest BCUT2D eigenvalue weighted by molar-refractivity contribution is 5.92. The minimum Gasteiger partial charge on any atom is -0.325 e. The van der Waals surface area contributed by atoms with Gasteiger partial charge in [-0.1, -0.05) is 24.1 Å². The number of nitrogens with zero attached hydrogens (tertiary/aromatic N) is 1. The van der Waals surface area contributed by atoms with Gasteiger partial charge in [-0.2, -0.15) is 0 Å². The van der Waals surface area contributed by atoms with E-state index in [0.29, 0.717) is 0 Å². The topological polar surface area (TPSA) is 49.4 Å². The number of piperidine rings is 1. The van der Waals surface area contributed by atoms with Crippen molar-refractivity contribution in [2.75, 3.05) is 18.4 Å². The molecule has 0 bridgehead atoms. The van der Waals surface area contributed by atoms with E-state index in [-0.39, 0.29) is 18.5 Å². The van der Waals surface area contributed by atoms with Gasteiger partial charge in [0.1, 0.15) is 6.29 Å². The van der Waals surface area contributed by atoms with Crippen LogP contribution in [0.1, 0.15) is 24.8 Å². The van der Waals surface area contributed by atoms with Gasteiger partial charge in [0.2, 0.25) is 5.91 Å². The molecule has 4 heteroatoms. The molecule has 1 aromatic rings. The van der Waals surface area contributed by atoms with Crippen molar-refractivity contribution in [3.63, 3.8) is 0 Å². The van der Waals surface area contributed by atoms with Crippen LogP contribution in [0, 0.1) is 6.92 Å². The van der Waals surface area contributed by atoms with Crippen LogP contribution < -0.4 is 5.32 Å². The van der Waals surface area contributed by atoms with E-state index in [2.05, 4.69) is 5.32 Å². The third kappa shape index (κ3) is 3.89. The van der Waals surface area contributed by atoms with Crippen molar-refractivity contribution in [1.29, 1.82) is 0 Å². The maximum absolute atomic E-state index is 12.0. The zero-order valence-corrected chi connectivity index (χ0v) is 11.3. The van der Waals surface area contributed by atoms with Crippen LogP contribution in [0.4, 0.5) is 5.69 Å². The van der Waals surface area contributed by atoms with Crippen molar-refractivity contribution < 1.29 is 9.59 Å². The van der Waals surface area contributed by atoms with Crippen molar-refractivity contribution in [3.05, 3.63) is 29.8 Å². The van der Waals surface area contributed by atoms with Crippen molar-refractivity contribution in [3.8, 4) is 0 Å². The van der Waals surface area contributed by atoms with Gasteiger partial charge in [0.25, 0.3) is 0 Å². The van der Waals surface area contributed by atoms with Crippen molar-refractivity contribution in [2.45, 2.75) is 32.2 Å². The Morgan fingerprint density at radius 1 is 1.37 bits per heavy atom. The highest BCUT2D eigenvalue weighted by atomic mass is 16.2. The largest absolute Gasteiger partial charge is 0.325 e. The van der Waals surface area contributed by atoms with E-state index in [0.717, 1.165) is 43.3 Å². The monoisotopic (exact) mass is 260 g/mol. The van der Waals surface area contributed by atoms with Crippen molar-refractivity contribution >= 4 is 17.9 Å². The van der Waals surface area contributed by atoms with Gasteiger partial charge in [0.05, 0.1) is 12.6 Å². The fourth-order valence-corrected chi connectivity index (χ4v) is 2.39. The smallest absolute Gasteiger partial charge is 0.238 e. The Morgan fingerprint density at radius 2 is 2.11 bits per heavy atom. The van der Waals surface area contributed by atoms with Crippen LogP contribution in [0.15, 0.2) is 24.3 Å². The molecule has 0 saturated carbocycles. The number of benzene rings is 1. The summed E-state index contributed by atoms with van der Waals surface area (Å²) in [4.78, 5) is 24.9. The molecule has 1 aromatic carbocycles. The number of carbonyl (C=O) groups is 2. The highest BCUT2D eigenvalue weighted by Gasteiger charge is 2.23. The predicted octanol–water partition coefficient (Wildman–Crippen LogP) is 1.99. The number of hydrogen-bond donors (Lipinski definition) is 1. The average molecular weight is 260 g/mol. The molecule has 0 spiro atoms. The third-order valence-corrected chi connectivity index (χ3v) is 3.50. The van der Waals surface area contributed by atoms with Gasteiger partial charge in [0.15, 0.2) is 0 Å². The van der Waals surface area contributed by atoms with Gasteiger partial charge in [-0.3, -0.25) is 9.69 Å². The number of amides is 1. The van der Waals surface area contributed by atoms with E-state index in [1.807, 2.05) is 36.1 Å². The molecule has 0 aliphatic carbocycles. The molecular formula is C15H20N2O2. The van der Waals surface area contributed by atoms with E-state index < -0.39 is 0 Å². The van der Waals surface area contributed by atoms with Gasteiger partial charge in [-0.15, -0.1) is 0 Å². The zero-order chi connectivity index (χ0) is 13.7. The fraction of sp³-hybridized carbons (Fsp3) is 0.467. The molecule has 19 heavy (non-hydrogen) atoms. The van der Waals surface area contributed by atoms with Crippen molar-refractivity contribution in [1.82, 2.24) is 4.90 Å². The Labute approximate surface area is 113 Å². The molecule has 1 saturated heterocycles. The number of carbonyl (C=O) groups excluding carboxylic acids is 2. The SMILES string of the molecule is Cc1ccc(NC(=O)CN2CCCCC2C=O)cc1. The third-order valence-electron chi connectivity index (χ3n) is 3.50. The van der Waals surface area contributed by atoms with Gasteiger partial charge >= 0.3 is 0 Å². The molecule has 4 nitrogen and oxygen atoms in total. The molecule has 102 valence electrons. The van der Waals surface area contributed by atoms with Gasteiger partial charge in [-0.25, -0.2) is 0 Å². The van der Waals surface area contributed by atoms with Crippen LogP contribution in [0.5, 0.6) is 0 Å². The molecule has 1 unspecified atom stereocenters. The summed E-state index contributed by atoms with van der Waals surface area (Å²) in [6, 6.07) is 7.61. The summed E-state index contributed by atoms with van der Waals surface area (Å²) in [5.41, 5.74) is 1.96. The Kier molecular flexibility index (Phi) is 4.68. The number of aryl methyl sites for hydroxylation is 1. The van der Waals surface area contributed by atoms with Gasteiger partial charge in [-0.05, 0) is 38.4 Å². The Balaban J connectivity index is 1.89. The quantitative estimate of drug-likeness (QED) is 0.842. The summed E-state index contributed by atoms with van der Waals surface area (Å²) < 4.78 is 0. The lowest BCUT2D eigenvalue weighted by molar-refractivity contribution is -0.120. The number of rotatable bonds is 4. The number of anilines is 1. The molecule has 1 N–H and O–H groups in total. The second-order valence-electron chi connectivity index (χ2n) is 5.08. The Bertz CT molecular complexity index is 442. The number of aldehydes is 1. The van der Waals surface area contributed by atoms with E-state index in [4.69, 9.17) is 0 Å². The van der Waals surface area contributed by atoms with Crippen LogP contribution >= 0.6 is 0 Å². The second-order valence-corrected chi connectivity index (χ2v) is 5.08. The van der Waals surface area contributed by atoms with Crippen LogP contribution in [-0.4, -0.2) is 36.2 Å². The minimum atomic E-state index is -0.0995. The summed E-state index contributed by atoms with van der Waals surface area (Å²) in [5.74, 6) is -0.0578. The molecule has 1 fully saturated rings. The Morgan fingerprint density at radius 3 is 2.79 bits per heavy atom. The molecule has 1 atom stereocenters. The lowest BCUT2D eigenvalue weighted by Crippen LogP contribution is -2.44. The lowest BCUT2D eigenvalue weighted by atomic mass is 10.0. The maximum Gasteiger partial charge on any atom is 0.238 e. The summed E-state index contributed by atoms with van der Waals surface area (Å²) in [5, 5.41) is 2.86. The lowest BCUT2D eigenvalue weighted by Gasteiger charge is -2.31. The molecule has 1 amide bonds. The van der Waals surface area contributed by atoms with Crippen LogP contribution in [0.25, 0.3) is 0 Å². The van der Waals surface area contributed by atoms with Crippen molar-refractivity contribution in [2.24, 2.45) is 0 Å². The predicted molar refractivity (Wildman–Crippen MR) is 75.1 cm³/mol. The fourth-order valence-electron chi connectivity index (χ4n) is 2.39. The first-order valence-electron chi connectivity index (χ1n) is 6.75. The van der Waals surface area contributed by atoms with E-state index in [1.165, 1.54) is 0 Å². The first-order valence-corrected chi connectivity index (χ1v) is 6.75. The maximum atomic E-state index is 12.0. The van der Waals surface area contributed by atoms with Crippen LogP contribution in [-0.2, 0) is 9.59 Å². The molecule has 0 aromatic heterocycles. The van der Waals surface area contributed by atoms with E-state index in [9.17, 15) is 9.59 Å². The number of nitrogens with one attached hydrogen (secondary N) is 1. The molecule has 1 aliphatic heterocycles. The summed E-state index contributed by atoms with van der Waals surface area (Å²) in [7, 11) is 0. The standard InChI is InChI=1S/C15H20N2O2/c1-12-5-7-13(8-6-12)16-15(19)10-17-9-3-2-4-14(17)11-18/h5-8,11,14H,2-4,9-10H2,1H3,(H,16,19). The highest BCUT2D eigenvalue weighted by Crippen LogP contribution is 2.15. The molecular weight excluding hydrogens is 240 g/mol. The summed E-state index contributed by atoms with van der Waals surface area (Å²) in [6.07, 6.45) is 3.95. The van der Waals surface area contributed by atoms with E-state index in [1.54, 1.807) is 0 Å². The molecule has 2 rings (SSSR count). The first kappa shape index (κ1) is 13.7. The summed E-state index contributed by atoms with van der Waals surface area (Å²) in [6.45, 7) is 3.12. The van der Waals surface area contributed by atoms with Crippen LogP contribution in [0.3, 0.4) is 0 Å². The summed E-state index contributed by atoms with van der Waals surface area (Å²) >= 11 is 0. The first-order chi connectivity index (χ1) is 9.19. The van der Waals surface area contributed by atoms with Gasteiger partial charge in [0, 0.05) is 5.69 Å². The molecule has 1 aliphatic rings. The Hall–Kier alpha value is -1.68. The molecule has 1 heterocycles. The zero-order valence-electron chi connectivity index (χ0n) is 11.3. The molecule has 0 radical (unpaired) electrons. The van der Waals surface area contributed by atoms with E-state index >= 15 is 0 Å². The average Bonchev–Trinajstić information content (AvgIpc) is 2.42. The normalized spacial score (nSPS) is 19.9. The minimum absolute atomic E-state index is 0.0578. The second kappa shape index (κ2) is 6.48. The van der Waals surface area contributed by atoms with Crippen LogP contribution in [0.2, 0.25) is 0 Å². The number of likely N-dealkylation sites (tertiary alicyclic amines) is 1. The number of hydrogen-bond acceptors (Lipinski definition) is 3. The van der Waals surface area contributed by atoms with Gasteiger partial charge < -0.3 is 10.1 Å².